The second-order valence-electron chi connectivity index (χ2n) is 5.56. The van der Waals surface area contributed by atoms with E-state index in [9.17, 15) is 14.7 Å². The fourth-order valence-corrected chi connectivity index (χ4v) is 2.15. The van der Waals surface area contributed by atoms with Crippen molar-refractivity contribution in [2.24, 2.45) is 5.41 Å². The summed E-state index contributed by atoms with van der Waals surface area (Å²) in [6.45, 7) is 2.11. The third-order valence-corrected chi connectivity index (χ3v) is 3.67. The van der Waals surface area contributed by atoms with Crippen molar-refractivity contribution >= 4 is 17.6 Å². The van der Waals surface area contributed by atoms with Crippen molar-refractivity contribution in [1.29, 1.82) is 0 Å². The number of aromatic nitrogens is 1. The fraction of sp³-hybridized carbons (Fsp3) is 0.500. The topological polar surface area (TPSA) is 91.8 Å². The van der Waals surface area contributed by atoms with E-state index >= 15 is 0 Å². The number of amides is 1. The SMILES string of the molecule is CN(C)C(=O)c1cc(NC2COCC2(C)C(=O)O)ccn1. The van der Waals surface area contributed by atoms with Crippen LogP contribution in [0.2, 0.25) is 0 Å². The number of nitrogens with one attached hydrogen (secondary N) is 1. The molecule has 7 nitrogen and oxygen atoms in total. The van der Waals surface area contributed by atoms with Crippen LogP contribution in [0.4, 0.5) is 5.69 Å². The van der Waals surface area contributed by atoms with Gasteiger partial charge in [0.2, 0.25) is 0 Å². The van der Waals surface area contributed by atoms with Gasteiger partial charge in [-0.1, -0.05) is 0 Å². The van der Waals surface area contributed by atoms with Crippen molar-refractivity contribution in [2.45, 2.75) is 13.0 Å². The van der Waals surface area contributed by atoms with Gasteiger partial charge in [0, 0.05) is 26.0 Å². The van der Waals surface area contributed by atoms with E-state index in [2.05, 4.69) is 10.3 Å². The minimum atomic E-state index is -0.991. The molecule has 2 N–H and O–H groups in total. The molecule has 0 radical (unpaired) electrons. The van der Waals surface area contributed by atoms with Crippen LogP contribution < -0.4 is 5.32 Å². The van der Waals surface area contributed by atoms with E-state index in [1.807, 2.05) is 0 Å². The molecule has 0 saturated carbocycles. The highest BCUT2D eigenvalue weighted by Crippen LogP contribution is 2.31. The highest BCUT2D eigenvalue weighted by Gasteiger charge is 2.46. The summed E-state index contributed by atoms with van der Waals surface area (Å²) in [5, 5.41) is 12.5. The number of carboxylic acid groups (broad SMARTS) is 1. The van der Waals surface area contributed by atoms with Gasteiger partial charge in [-0.3, -0.25) is 14.6 Å². The number of ether oxygens (including phenoxy) is 1. The molecular formula is C14H19N3O4. The van der Waals surface area contributed by atoms with Gasteiger partial charge in [-0.2, -0.15) is 0 Å². The number of carbonyl (C=O) groups is 2. The van der Waals surface area contributed by atoms with Crippen LogP contribution in [-0.4, -0.2) is 60.2 Å². The predicted molar refractivity (Wildman–Crippen MR) is 76.2 cm³/mol. The first kappa shape index (κ1) is 15.2. The summed E-state index contributed by atoms with van der Waals surface area (Å²) in [5.41, 5.74) is -0.0336. The molecule has 1 aromatic heterocycles. The summed E-state index contributed by atoms with van der Waals surface area (Å²) in [7, 11) is 3.30. The number of nitrogens with zero attached hydrogens (tertiary/aromatic N) is 2. The quantitative estimate of drug-likeness (QED) is 0.848. The van der Waals surface area contributed by atoms with Crippen molar-refractivity contribution in [2.75, 3.05) is 32.6 Å². The van der Waals surface area contributed by atoms with Gasteiger partial charge in [-0.15, -0.1) is 0 Å². The van der Waals surface area contributed by atoms with Gasteiger partial charge in [-0.05, 0) is 19.1 Å². The molecule has 21 heavy (non-hydrogen) atoms. The highest BCUT2D eigenvalue weighted by molar-refractivity contribution is 5.92. The van der Waals surface area contributed by atoms with Crippen LogP contribution in [0.25, 0.3) is 0 Å². The van der Waals surface area contributed by atoms with Crippen LogP contribution >= 0.6 is 0 Å². The van der Waals surface area contributed by atoms with Crippen molar-refractivity contribution in [3.8, 4) is 0 Å². The monoisotopic (exact) mass is 293 g/mol. The maximum atomic E-state index is 11.9. The highest BCUT2D eigenvalue weighted by atomic mass is 16.5. The van der Waals surface area contributed by atoms with E-state index in [1.165, 1.54) is 11.1 Å². The molecule has 1 aliphatic heterocycles. The Morgan fingerprint density at radius 3 is 2.86 bits per heavy atom. The van der Waals surface area contributed by atoms with E-state index in [1.54, 1.807) is 33.2 Å². The molecule has 2 atom stereocenters. The summed E-state index contributed by atoms with van der Waals surface area (Å²) in [4.78, 5) is 28.7. The Morgan fingerprint density at radius 1 is 1.52 bits per heavy atom. The van der Waals surface area contributed by atoms with E-state index in [0.29, 0.717) is 18.0 Å². The molecule has 1 amide bonds. The van der Waals surface area contributed by atoms with Crippen molar-refractivity contribution in [3.63, 3.8) is 0 Å². The lowest BCUT2D eigenvalue weighted by Gasteiger charge is -2.26. The summed E-state index contributed by atoms with van der Waals surface area (Å²) < 4.78 is 5.29. The number of rotatable bonds is 4. The number of pyridine rings is 1. The molecule has 1 saturated heterocycles. The van der Waals surface area contributed by atoms with Gasteiger partial charge in [0.25, 0.3) is 5.91 Å². The lowest BCUT2D eigenvalue weighted by molar-refractivity contribution is -0.148. The van der Waals surface area contributed by atoms with Crippen LogP contribution in [0.1, 0.15) is 17.4 Å². The van der Waals surface area contributed by atoms with Crippen LogP contribution in [0, 0.1) is 5.41 Å². The van der Waals surface area contributed by atoms with Crippen molar-refractivity contribution in [1.82, 2.24) is 9.88 Å². The molecule has 1 aromatic rings. The van der Waals surface area contributed by atoms with Crippen molar-refractivity contribution < 1.29 is 19.4 Å². The largest absolute Gasteiger partial charge is 0.481 e. The third kappa shape index (κ3) is 2.97. The average molecular weight is 293 g/mol. The van der Waals surface area contributed by atoms with E-state index in [0.717, 1.165) is 0 Å². The van der Waals surface area contributed by atoms with Crippen LogP contribution in [-0.2, 0) is 9.53 Å². The smallest absolute Gasteiger partial charge is 0.313 e. The summed E-state index contributed by atoms with van der Waals surface area (Å²) in [5.74, 6) is -1.11. The van der Waals surface area contributed by atoms with Gasteiger partial charge >= 0.3 is 5.97 Å². The third-order valence-electron chi connectivity index (χ3n) is 3.67. The Balaban J connectivity index is 2.19. The zero-order valence-corrected chi connectivity index (χ0v) is 12.3. The van der Waals surface area contributed by atoms with E-state index in [-0.39, 0.29) is 18.6 Å². The predicted octanol–water partition coefficient (Wildman–Crippen LogP) is 0.685. The van der Waals surface area contributed by atoms with Gasteiger partial charge < -0.3 is 20.1 Å². The maximum absolute atomic E-state index is 11.9. The molecule has 0 aliphatic carbocycles. The Kier molecular flexibility index (Phi) is 4.13. The molecule has 0 bridgehead atoms. The van der Waals surface area contributed by atoms with Gasteiger partial charge in [-0.25, -0.2) is 0 Å². The second kappa shape index (κ2) is 5.69. The number of carboxylic acids is 1. The van der Waals surface area contributed by atoms with E-state index < -0.39 is 11.4 Å². The van der Waals surface area contributed by atoms with Crippen LogP contribution in [0.15, 0.2) is 18.3 Å². The van der Waals surface area contributed by atoms with Crippen LogP contribution in [0.3, 0.4) is 0 Å². The average Bonchev–Trinajstić information content (AvgIpc) is 2.81. The first-order chi connectivity index (χ1) is 9.84. The molecule has 114 valence electrons. The molecule has 0 spiro atoms. The molecule has 7 heteroatoms. The van der Waals surface area contributed by atoms with Crippen LogP contribution in [0.5, 0.6) is 0 Å². The molecule has 2 unspecified atom stereocenters. The first-order valence-electron chi connectivity index (χ1n) is 6.60. The zero-order valence-electron chi connectivity index (χ0n) is 12.3. The minimum Gasteiger partial charge on any atom is -0.481 e. The molecule has 1 fully saturated rings. The Morgan fingerprint density at radius 2 is 2.24 bits per heavy atom. The van der Waals surface area contributed by atoms with Crippen molar-refractivity contribution in [3.05, 3.63) is 24.0 Å². The van der Waals surface area contributed by atoms with Gasteiger partial charge in [0.1, 0.15) is 11.1 Å². The fourth-order valence-electron chi connectivity index (χ4n) is 2.15. The van der Waals surface area contributed by atoms with Gasteiger partial charge in [0.05, 0.1) is 19.3 Å². The Bertz CT molecular complexity index is 561. The number of anilines is 1. The normalized spacial score (nSPS) is 24.6. The van der Waals surface area contributed by atoms with E-state index in [4.69, 9.17) is 4.74 Å². The summed E-state index contributed by atoms with van der Waals surface area (Å²) >= 11 is 0. The number of carbonyl (C=O) groups excluding carboxylic acids is 1. The summed E-state index contributed by atoms with van der Waals surface area (Å²) in [6, 6.07) is 2.95. The molecule has 2 heterocycles. The first-order valence-corrected chi connectivity index (χ1v) is 6.60. The lowest BCUT2D eigenvalue weighted by Crippen LogP contribution is -2.43. The zero-order chi connectivity index (χ0) is 15.6. The number of hydrogen-bond acceptors (Lipinski definition) is 5. The Labute approximate surface area is 122 Å². The molecule has 2 rings (SSSR count). The standard InChI is InChI=1S/C14H19N3O4/c1-14(13(19)20)8-21-7-11(14)16-9-4-5-15-10(6-9)12(18)17(2)3/h4-6,11H,7-8H2,1-3H3,(H,15,16)(H,19,20). The number of hydrogen-bond donors (Lipinski definition) is 2. The lowest BCUT2D eigenvalue weighted by atomic mass is 9.85. The Hall–Kier alpha value is -2.15. The number of aliphatic carboxylic acids is 1. The molecule has 1 aliphatic rings. The minimum absolute atomic E-state index is 0.161. The molecular weight excluding hydrogens is 274 g/mol. The van der Waals surface area contributed by atoms with Gasteiger partial charge in [0.15, 0.2) is 0 Å². The maximum Gasteiger partial charge on any atom is 0.313 e. The summed E-state index contributed by atoms with van der Waals surface area (Å²) in [6.07, 6.45) is 1.52. The second-order valence-corrected chi connectivity index (χ2v) is 5.56. The molecule has 0 aromatic carbocycles.